The Labute approximate surface area is 88.2 Å². The van der Waals surface area contributed by atoms with E-state index in [4.69, 9.17) is 0 Å². The minimum atomic E-state index is 0.720. The summed E-state index contributed by atoms with van der Waals surface area (Å²) in [4.78, 5) is 2.53. The van der Waals surface area contributed by atoms with Gasteiger partial charge in [0.15, 0.2) is 0 Å². The zero-order chi connectivity index (χ0) is 10.2. The van der Waals surface area contributed by atoms with Crippen molar-refractivity contribution in [3.63, 3.8) is 0 Å². The normalized spacial score (nSPS) is 19.1. The van der Waals surface area contributed by atoms with Gasteiger partial charge in [0.1, 0.15) is 0 Å². The number of rotatable bonds is 6. The Kier molecular flexibility index (Phi) is 6.15. The maximum absolute atomic E-state index is 3.60. The molecule has 1 fully saturated rings. The molecule has 1 aliphatic heterocycles. The molecule has 84 valence electrons. The smallest absolute Gasteiger partial charge is 0.0108 e. The Morgan fingerprint density at radius 1 is 1.21 bits per heavy atom. The van der Waals surface area contributed by atoms with Crippen molar-refractivity contribution in [1.29, 1.82) is 0 Å². The molecule has 0 atom stereocenters. The van der Waals surface area contributed by atoms with Crippen LogP contribution >= 0.6 is 0 Å². The number of nitrogens with zero attached hydrogens (tertiary/aromatic N) is 1. The zero-order valence-corrected chi connectivity index (χ0v) is 9.68. The molecule has 0 bridgehead atoms. The van der Waals surface area contributed by atoms with Crippen LogP contribution in [0.4, 0.5) is 0 Å². The van der Waals surface area contributed by atoms with Crippen LogP contribution in [0.2, 0.25) is 0 Å². The van der Waals surface area contributed by atoms with E-state index in [-0.39, 0.29) is 0 Å². The fourth-order valence-corrected chi connectivity index (χ4v) is 1.94. The van der Waals surface area contributed by atoms with Crippen molar-refractivity contribution in [3.05, 3.63) is 0 Å². The summed E-state index contributed by atoms with van der Waals surface area (Å²) in [5.41, 5.74) is 0. The second kappa shape index (κ2) is 7.21. The molecular formula is C11H25N3. The number of piperazine rings is 1. The van der Waals surface area contributed by atoms with Crippen LogP contribution in [0.1, 0.15) is 26.7 Å². The maximum atomic E-state index is 3.60. The lowest BCUT2D eigenvalue weighted by molar-refractivity contribution is 0.237. The standard InChI is InChI=1S/C11H25N3/c1-3-11(4-2)13-7-10-14-8-5-12-6-9-14/h11-13H,3-10H2,1-2H3. The first kappa shape index (κ1) is 12.0. The summed E-state index contributed by atoms with van der Waals surface area (Å²) in [6, 6.07) is 0.720. The van der Waals surface area contributed by atoms with Crippen molar-refractivity contribution in [2.24, 2.45) is 0 Å². The minimum Gasteiger partial charge on any atom is -0.314 e. The molecule has 0 aliphatic carbocycles. The molecule has 3 heteroatoms. The molecule has 0 aromatic carbocycles. The molecule has 0 amide bonds. The van der Waals surface area contributed by atoms with Crippen molar-refractivity contribution in [2.45, 2.75) is 32.7 Å². The number of hydrogen-bond donors (Lipinski definition) is 2. The highest BCUT2D eigenvalue weighted by atomic mass is 15.2. The van der Waals surface area contributed by atoms with Crippen molar-refractivity contribution in [3.8, 4) is 0 Å². The fraction of sp³-hybridized carbons (Fsp3) is 1.00. The van der Waals surface area contributed by atoms with E-state index in [1.54, 1.807) is 0 Å². The van der Waals surface area contributed by atoms with Crippen LogP contribution in [0.25, 0.3) is 0 Å². The Morgan fingerprint density at radius 2 is 1.86 bits per heavy atom. The van der Waals surface area contributed by atoms with E-state index < -0.39 is 0 Å². The van der Waals surface area contributed by atoms with Crippen LogP contribution < -0.4 is 10.6 Å². The molecule has 0 radical (unpaired) electrons. The van der Waals surface area contributed by atoms with Crippen molar-refractivity contribution < 1.29 is 0 Å². The molecule has 0 aromatic heterocycles. The fourth-order valence-electron chi connectivity index (χ4n) is 1.94. The second-order valence-electron chi connectivity index (χ2n) is 4.06. The largest absolute Gasteiger partial charge is 0.314 e. The molecule has 1 saturated heterocycles. The predicted octanol–water partition coefficient (Wildman–Crippen LogP) is 0.670. The summed E-state index contributed by atoms with van der Waals surface area (Å²) in [5, 5.41) is 6.98. The summed E-state index contributed by atoms with van der Waals surface area (Å²) in [6.07, 6.45) is 2.50. The number of nitrogens with one attached hydrogen (secondary N) is 2. The Balaban J connectivity index is 2.01. The molecule has 1 aliphatic rings. The summed E-state index contributed by atoms with van der Waals surface area (Å²) < 4.78 is 0. The highest BCUT2D eigenvalue weighted by Crippen LogP contribution is 1.96. The van der Waals surface area contributed by atoms with Crippen LogP contribution in [0.5, 0.6) is 0 Å². The average Bonchev–Trinajstić information content (AvgIpc) is 2.26. The van der Waals surface area contributed by atoms with Gasteiger partial charge < -0.3 is 10.6 Å². The van der Waals surface area contributed by atoms with Gasteiger partial charge in [-0.1, -0.05) is 13.8 Å². The molecule has 2 N–H and O–H groups in total. The molecule has 1 rings (SSSR count). The van der Waals surface area contributed by atoms with E-state index in [1.165, 1.54) is 32.5 Å². The van der Waals surface area contributed by atoms with E-state index in [0.717, 1.165) is 25.7 Å². The Morgan fingerprint density at radius 3 is 2.43 bits per heavy atom. The topological polar surface area (TPSA) is 27.3 Å². The summed E-state index contributed by atoms with van der Waals surface area (Å²) in [5.74, 6) is 0. The van der Waals surface area contributed by atoms with Crippen LogP contribution in [0, 0.1) is 0 Å². The summed E-state index contributed by atoms with van der Waals surface area (Å²) in [6.45, 7) is 11.6. The highest BCUT2D eigenvalue weighted by Gasteiger charge is 2.09. The minimum absolute atomic E-state index is 0.720. The average molecular weight is 199 g/mol. The molecule has 0 spiro atoms. The third kappa shape index (κ3) is 4.40. The van der Waals surface area contributed by atoms with Gasteiger partial charge in [0.2, 0.25) is 0 Å². The lowest BCUT2D eigenvalue weighted by Gasteiger charge is -2.28. The van der Waals surface area contributed by atoms with Gasteiger partial charge in [0.05, 0.1) is 0 Å². The maximum Gasteiger partial charge on any atom is 0.0108 e. The second-order valence-corrected chi connectivity index (χ2v) is 4.06. The van der Waals surface area contributed by atoms with Gasteiger partial charge in [0, 0.05) is 45.3 Å². The Bertz CT molecular complexity index is 128. The highest BCUT2D eigenvalue weighted by molar-refractivity contribution is 4.70. The summed E-state index contributed by atoms with van der Waals surface area (Å²) >= 11 is 0. The van der Waals surface area contributed by atoms with Gasteiger partial charge >= 0.3 is 0 Å². The first-order valence-corrected chi connectivity index (χ1v) is 6.03. The molecule has 0 unspecified atom stereocenters. The summed E-state index contributed by atoms with van der Waals surface area (Å²) in [7, 11) is 0. The van der Waals surface area contributed by atoms with Crippen LogP contribution in [-0.4, -0.2) is 50.2 Å². The molecule has 0 saturated carbocycles. The molecule has 0 aromatic rings. The molecule has 1 heterocycles. The van der Waals surface area contributed by atoms with Crippen LogP contribution in [-0.2, 0) is 0 Å². The van der Waals surface area contributed by atoms with Gasteiger partial charge in [-0.15, -0.1) is 0 Å². The van der Waals surface area contributed by atoms with Crippen LogP contribution in [0.15, 0.2) is 0 Å². The Hall–Kier alpha value is -0.120. The molecule has 3 nitrogen and oxygen atoms in total. The van der Waals surface area contributed by atoms with Gasteiger partial charge in [-0.25, -0.2) is 0 Å². The van der Waals surface area contributed by atoms with Gasteiger partial charge in [-0.05, 0) is 12.8 Å². The molecular weight excluding hydrogens is 174 g/mol. The monoisotopic (exact) mass is 199 g/mol. The van der Waals surface area contributed by atoms with Crippen LogP contribution in [0.3, 0.4) is 0 Å². The van der Waals surface area contributed by atoms with Gasteiger partial charge in [-0.2, -0.15) is 0 Å². The SMILES string of the molecule is CCC(CC)NCCN1CCNCC1. The third-order valence-corrected chi connectivity index (χ3v) is 3.06. The van der Waals surface area contributed by atoms with E-state index in [9.17, 15) is 0 Å². The van der Waals surface area contributed by atoms with E-state index in [0.29, 0.717) is 0 Å². The van der Waals surface area contributed by atoms with E-state index >= 15 is 0 Å². The molecule has 14 heavy (non-hydrogen) atoms. The predicted molar refractivity (Wildman–Crippen MR) is 61.7 cm³/mol. The lowest BCUT2D eigenvalue weighted by atomic mass is 10.2. The quantitative estimate of drug-likeness (QED) is 0.658. The lowest BCUT2D eigenvalue weighted by Crippen LogP contribution is -2.46. The van der Waals surface area contributed by atoms with Crippen molar-refractivity contribution >= 4 is 0 Å². The van der Waals surface area contributed by atoms with Crippen molar-refractivity contribution in [1.82, 2.24) is 15.5 Å². The van der Waals surface area contributed by atoms with Gasteiger partial charge in [-0.3, -0.25) is 4.90 Å². The first-order valence-electron chi connectivity index (χ1n) is 6.03. The third-order valence-electron chi connectivity index (χ3n) is 3.06. The van der Waals surface area contributed by atoms with E-state index in [1.807, 2.05) is 0 Å². The zero-order valence-electron chi connectivity index (χ0n) is 9.68. The van der Waals surface area contributed by atoms with Gasteiger partial charge in [0.25, 0.3) is 0 Å². The first-order chi connectivity index (χ1) is 6.86. The van der Waals surface area contributed by atoms with E-state index in [2.05, 4.69) is 29.4 Å². The van der Waals surface area contributed by atoms with Crippen molar-refractivity contribution in [2.75, 3.05) is 39.3 Å². The number of hydrogen-bond acceptors (Lipinski definition) is 3.